The molecule has 2 heterocycles. The summed E-state index contributed by atoms with van der Waals surface area (Å²) in [6.45, 7) is 2.75. The van der Waals surface area contributed by atoms with E-state index in [1.165, 1.54) is 31.2 Å². The highest BCUT2D eigenvalue weighted by atomic mass is 16.1. The van der Waals surface area contributed by atoms with Crippen LogP contribution in [0.4, 0.5) is 0 Å². The lowest BCUT2D eigenvalue weighted by atomic mass is 9.80. The van der Waals surface area contributed by atoms with E-state index in [4.69, 9.17) is 0 Å². The topological polar surface area (TPSA) is 59.0 Å². The number of carbonyl (C=O) groups is 1. The molecular weight excluding hydrogens is 336 g/mol. The smallest absolute Gasteiger partial charge is 0.271 e. The number of piperidine rings is 1. The zero-order chi connectivity index (χ0) is 18.5. The number of nitrogens with zero attached hydrogens (tertiary/aromatic N) is 2. The maximum Gasteiger partial charge on any atom is 0.271 e. The number of amides is 1. The molecule has 2 aromatic rings. The number of hydrogen-bond donors (Lipinski definition) is 2. The van der Waals surface area contributed by atoms with Crippen molar-refractivity contribution in [3.05, 3.63) is 53.9 Å². The van der Waals surface area contributed by atoms with Crippen molar-refractivity contribution >= 4 is 5.91 Å². The molecule has 144 valence electrons. The number of benzene rings is 1. The van der Waals surface area contributed by atoms with Crippen LogP contribution in [0.15, 0.2) is 42.6 Å². The second-order valence-corrected chi connectivity index (χ2v) is 8.23. The molecule has 5 heteroatoms. The second kappa shape index (κ2) is 8.26. The van der Waals surface area contributed by atoms with Crippen molar-refractivity contribution in [1.82, 2.24) is 20.4 Å². The summed E-state index contributed by atoms with van der Waals surface area (Å²) < 4.78 is 1.95. The van der Waals surface area contributed by atoms with E-state index in [9.17, 15) is 4.79 Å². The van der Waals surface area contributed by atoms with Gasteiger partial charge in [0, 0.05) is 19.3 Å². The molecule has 1 saturated carbocycles. The molecule has 2 N–H and O–H groups in total. The SMILES string of the molecule is O=C(NCC1(Cc2ccccc2)CCCC1)c1ccn(C2CCCNC2)n1. The quantitative estimate of drug-likeness (QED) is 0.824. The molecule has 2 aliphatic rings. The van der Waals surface area contributed by atoms with Gasteiger partial charge in [0.15, 0.2) is 0 Å². The molecule has 1 aromatic heterocycles. The Morgan fingerprint density at radius 1 is 1.19 bits per heavy atom. The van der Waals surface area contributed by atoms with Crippen LogP contribution in [0.25, 0.3) is 0 Å². The molecule has 2 fully saturated rings. The first-order chi connectivity index (χ1) is 13.2. The molecule has 1 aliphatic heterocycles. The third-order valence-corrected chi connectivity index (χ3v) is 6.20. The van der Waals surface area contributed by atoms with Gasteiger partial charge in [0.1, 0.15) is 5.69 Å². The number of nitrogens with one attached hydrogen (secondary N) is 2. The van der Waals surface area contributed by atoms with E-state index < -0.39 is 0 Å². The Labute approximate surface area is 161 Å². The Bertz CT molecular complexity index is 743. The molecule has 1 aromatic carbocycles. The Kier molecular flexibility index (Phi) is 5.58. The van der Waals surface area contributed by atoms with Crippen molar-refractivity contribution in [1.29, 1.82) is 0 Å². The van der Waals surface area contributed by atoms with Crippen molar-refractivity contribution in [2.75, 3.05) is 19.6 Å². The normalized spacial score (nSPS) is 21.9. The Morgan fingerprint density at radius 2 is 2.00 bits per heavy atom. The summed E-state index contributed by atoms with van der Waals surface area (Å²) in [6.07, 6.45) is 10.1. The molecule has 1 unspecified atom stereocenters. The summed E-state index contributed by atoms with van der Waals surface area (Å²) in [4.78, 5) is 12.7. The van der Waals surface area contributed by atoms with Gasteiger partial charge >= 0.3 is 0 Å². The van der Waals surface area contributed by atoms with E-state index in [0.29, 0.717) is 11.7 Å². The first kappa shape index (κ1) is 18.2. The molecule has 0 bridgehead atoms. The van der Waals surface area contributed by atoms with Gasteiger partial charge in [-0.1, -0.05) is 43.2 Å². The summed E-state index contributed by atoms with van der Waals surface area (Å²) in [5, 5.41) is 11.1. The zero-order valence-corrected chi connectivity index (χ0v) is 16.0. The predicted molar refractivity (Wildman–Crippen MR) is 107 cm³/mol. The third kappa shape index (κ3) is 4.41. The second-order valence-electron chi connectivity index (χ2n) is 8.23. The summed E-state index contributed by atoms with van der Waals surface area (Å²) in [6, 6.07) is 12.9. The van der Waals surface area contributed by atoms with Gasteiger partial charge in [-0.3, -0.25) is 9.48 Å². The number of rotatable bonds is 6. The monoisotopic (exact) mass is 366 g/mol. The lowest BCUT2D eigenvalue weighted by Crippen LogP contribution is -2.37. The molecule has 1 amide bonds. The summed E-state index contributed by atoms with van der Waals surface area (Å²) in [7, 11) is 0. The lowest BCUT2D eigenvalue weighted by molar-refractivity contribution is 0.0923. The first-order valence-corrected chi connectivity index (χ1v) is 10.3. The summed E-state index contributed by atoms with van der Waals surface area (Å²) in [5.41, 5.74) is 2.09. The van der Waals surface area contributed by atoms with E-state index >= 15 is 0 Å². The van der Waals surface area contributed by atoms with Crippen LogP contribution >= 0.6 is 0 Å². The minimum absolute atomic E-state index is 0.0446. The van der Waals surface area contributed by atoms with Crippen LogP contribution in [0.1, 0.15) is 60.6 Å². The van der Waals surface area contributed by atoms with E-state index in [0.717, 1.165) is 38.9 Å². The van der Waals surface area contributed by atoms with Crippen molar-refractivity contribution in [3.63, 3.8) is 0 Å². The van der Waals surface area contributed by atoms with Crippen LogP contribution in [0.3, 0.4) is 0 Å². The number of aromatic nitrogens is 2. The van der Waals surface area contributed by atoms with Crippen molar-refractivity contribution in [2.45, 2.75) is 51.0 Å². The van der Waals surface area contributed by atoms with E-state index in [1.807, 2.05) is 16.9 Å². The fourth-order valence-electron chi connectivity index (χ4n) is 4.65. The Hall–Kier alpha value is -2.14. The van der Waals surface area contributed by atoms with E-state index in [1.54, 1.807) is 0 Å². The van der Waals surface area contributed by atoms with Crippen molar-refractivity contribution in [3.8, 4) is 0 Å². The van der Waals surface area contributed by atoms with E-state index in [-0.39, 0.29) is 11.3 Å². The van der Waals surface area contributed by atoms with Gasteiger partial charge < -0.3 is 10.6 Å². The van der Waals surface area contributed by atoms with Crippen LogP contribution < -0.4 is 10.6 Å². The highest BCUT2D eigenvalue weighted by Gasteiger charge is 2.34. The molecule has 0 spiro atoms. The molecular formula is C22H30N4O. The maximum atomic E-state index is 12.7. The summed E-state index contributed by atoms with van der Waals surface area (Å²) >= 11 is 0. The number of hydrogen-bond acceptors (Lipinski definition) is 3. The van der Waals surface area contributed by atoms with Crippen molar-refractivity contribution in [2.24, 2.45) is 5.41 Å². The average Bonchev–Trinajstić information content (AvgIpc) is 3.38. The van der Waals surface area contributed by atoms with Crippen molar-refractivity contribution < 1.29 is 4.79 Å². The number of carbonyl (C=O) groups excluding carboxylic acids is 1. The van der Waals surface area contributed by atoms with Gasteiger partial charge in [0.05, 0.1) is 6.04 Å². The molecule has 0 radical (unpaired) electrons. The minimum Gasteiger partial charge on any atom is -0.350 e. The molecule has 5 nitrogen and oxygen atoms in total. The molecule has 27 heavy (non-hydrogen) atoms. The van der Waals surface area contributed by atoms with Gasteiger partial charge in [-0.15, -0.1) is 0 Å². The van der Waals surface area contributed by atoms with Gasteiger partial charge in [-0.25, -0.2) is 0 Å². The lowest BCUT2D eigenvalue weighted by Gasteiger charge is -2.29. The standard InChI is InChI=1S/C22H30N4O/c27-21(20-10-14-26(25-20)19-9-6-13-23-16-19)24-17-22(11-4-5-12-22)15-18-7-2-1-3-8-18/h1-3,7-8,10,14,19,23H,4-6,9,11-13,15-17H2,(H,24,27). The van der Waals surface area contributed by atoms with Crippen LogP contribution in [0.5, 0.6) is 0 Å². The highest BCUT2D eigenvalue weighted by molar-refractivity contribution is 5.92. The van der Waals surface area contributed by atoms with Crippen LogP contribution in [-0.2, 0) is 6.42 Å². The van der Waals surface area contributed by atoms with Crippen LogP contribution in [0.2, 0.25) is 0 Å². The molecule has 1 saturated heterocycles. The van der Waals surface area contributed by atoms with Gasteiger partial charge in [0.2, 0.25) is 0 Å². The van der Waals surface area contributed by atoms with Gasteiger partial charge in [-0.05, 0) is 55.7 Å². The Balaban J connectivity index is 1.38. The van der Waals surface area contributed by atoms with E-state index in [2.05, 4.69) is 46.1 Å². The third-order valence-electron chi connectivity index (χ3n) is 6.20. The predicted octanol–water partition coefficient (Wildman–Crippen LogP) is 3.34. The molecule has 1 aliphatic carbocycles. The first-order valence-electron chi connectivity index (χ1n) is 10.3. The Morgan fingerprint density at radius 3 is 2.74 bits per heavy atom. The minimum atomic E-state index is -0.0446. The zero-order valence-electron chi connectivity index (χ0n) is 16.0. The van der Waals surface area contributed by atoms with Gasteiger partial charge in [0.25, 0.3) is 5.91 Å². The highest BCUT2D eigenvalue weighted by Crippen LogP contribution is 2.40. The summed E-state index contributed by atoms with van der Waals surface area (Å²) in [5.74, 6) is -0.0446. The largest absolute Gasteiger partial charge is 0.350 e. The van der Waals surface area contributed by atoms with Crippen LogP contribution in [0, 0.1) is 5.41 Å². The fraction of sp³-hybridized carbons (Fsp3) is 0.545. The maximum absolute atomic E-state index is 12.7. The fourth-order valence-corrected chi connectivity index (χ4v) is 4.65. The van der Waals surface area contributed by atoms with Crippen LogP contribution in [-0.4, -0.2) is 35.3 Å². The molecule has 4 rings (SSSR count). The van der Waals surface area contributed by atoms with Gasteiger partial charge in [-0.2, -0.15) is 5.10 Å². The average molecular weight is 367 g/mol. The molecule has 1 atom stereocenters.